The van der Waals surface area contributed by atoms with E-state index < -0.39 is 0 Å². The number of nitrogens with zero attached hydrogens (tertiary/aromatic N) is 2. The van der Waals surface area contributed by atoms with Crippen LogP contribution in [0.3, 0.4) is 0 Å². The molecule has 13 heavy (non-hydrogen) atoms. The molecule has 0 atom stereocenters. The van der Waals surface area contributed by atoms with Crippen LogP contribution in [-0.4, -0.2) is 41.6 Å². The summed E-state index contributed by atoms with van der Waals surface area (Å²) in [7, 11) is 6.28. The van der Waals surface area contributed by atoms with Crippen molar-refractivity contribution in [3.8, 4) is 0 Å². The lowest BCUT2D eigenvalue weighted by atomic mass is 11.4. The van der Waals surface area contributed by atoms with Crippen LogP contribution < -0.4 is 11.5 Å². The van der Waals surface area contributed by atoms with Gasteiger partial charge in [-0.25, -0.2) is 0 Å². The SMILES string of the molecule is C.C.C.C=NC.C=NC.CN.CN. The molecule has 4 nitrogen and oxygen atoms in total. The first-order valence-electron chi connectivity index (χ1n) is 2.68. The molecule has 0 unspecified atom stereocenters. The second kappa shape index (κ2) is 747. The van der Waals surface area contributed by atoms with Gasteiger partial charge in [0.1, 0.15) is 0 Å². The summed E-state index contributed by atoms with van der Waals surface area (Å²) in [5.74, 6) is 0. The van der Waals surface area contributed by atoms with Crippen LogP contribution in [0.25, 0.3) is 0 Å². The van der Waals surface area contributed by atoms with Crippen molar-refractivity contribution in [2.75, 3.05) is 28.2 Å². The molecular formula is C9H32N4. The van der Waals surface area contributed by atoms with Crippen molar-refractivity contribution in [2.24, 2.45) is 21.5 Å². The molecule has 88 valence electrons. The molecule has 0 aromatic rings. The molecule has 0 aliphatic heterocycles. The lowest BCUT2D eigenvalue weighted by molar-refractivity contribution is 1.48. The third-order valence-corrected chi connectivity index (χ3v) is 0. The van der Waals surface area contributed by atoms with Gasteiger partial charge in [-0.15, -0.1) is 0 Å². The molecule has 0 aromatic heterocycles. The topological polar surface area (TPSA) is 76.8 Å². The van der Waals surface area contributed by atoms with Gasteiger partial charge in [0, 0.05) is 14.1 Å². The van der Waals surface area contributed by atoms with Gasteiger partial charge in [0.2, 0.25) is 0 Å². The minimum absolute atomic E-state index is 0. The second-order valence-corrected chi connectivity index (χ2v) is 0.632. The largest absolute Gasteiger partial charge is 0.333 e. The zero-order valence-corrected chi connectivity index (χ0v) is 7.46. The Hall–Kier alpha value is -0.740. The Kier molecular flexibility index (Phi) is 3230. The van der Waals surface area contributed by atoms with Crippen molar-refractivity contribution >= 4 is 13.4 Å². The van der Waals surface area contributed by atoms with E-state index in [-0.39, 0.29) is 22.3 Å². The van der Waals surface area contributed by atoms with Gasteiger partial charge in [-0.2, -0.15) is 0 Å². The van der Waals surface area contributed by atoms with Crippen LogP contribution in [0.2, 0.25) is 0 Å². The van der Waals surface area contributed by atoms with Crippen LogP contribution in [0, 0.1) is 0 Å². The molecule has 0 amide bonds. The Morgan fingerprint density at radius 1 is 0.692 bits per heavy atom. The quantitative estimate of drug-likeness (QED) is 0.578. The molecule has 0 aromatic carbocycles. The Balaban J connectivity index is -0.00000000698. The lowest BCUT2D eigenvalue weighted by Crippen LogP contribution is -1.69. The minimum atomic E-state index is 0. The molecular weight excluding hydrogens is 164 g/mol. The maximum atomic E-state index is 4.50. The summed E-state index contributed by atoms with van der Waals surface area (Å²) in [5.41, 5.74) is 9.00. The summed E-state index contributed by atoms with van der Waals surface area (Å²) >= 11 is 0. The monoisotopic (exact) mass is 196 g/mol. The molecule has 0 saturated carbocycles. The van der Waals surface area contributed by atoms with Crippen LogP contribution in [0.1, 0.15) is 22.3 Å². The molecule has 0 rings (SSSR count). The highest BCUT2D eigenvalue weighted by Gasteiger charge is 1.09. The van der Waals surface area contributed by atoms with Gasteiger partial charge in [0.05, 0.1) is 0 Å². The average molecular weight is 196 g/mol. The Labute approximate surface area is 86.2 Å². The molecule has 0 bridgehead atoms. The first-order chi connectivity index (χ1) is 4.83. The molecule has 0 spiro atoms. The highest BCUT2D eigenvalue weighted by Crippen LogP contribution is 1.22. The third-order valence-electron chi connectivity index (χ3n) is 0. The number of aliphatic imine (C=N–C) groups is 2. The third kappa shape index (κ3) is 1760. The van der Waals surface area contributed by atoms with E-state index in [0.29, 0.717) is 0 Å². The number of hydrogen-bond donors (Lipinski definition) is 2. The highest BCUT2D eigenvalue weighted by atomic mass is 14.6. The van der Waals surface area contributed by atoms with E-state index in [2.05, 4.69) is 34.9 Å². The fourth-order valence-corrected chi connectivity index (χ4v) is 0. The van der Waals surface area contributed by atoms with Gasteiger partial charge in [0.25, 0.3) is 0 Å². The molecule has 0 radical (unpaired) electrons. The second-order valence-electron chi connectivity index (χ2n) is 0.632. The first kappa shape index (κ1) is 56.2. The first-order valence-corrected chi connectivity index (χ1v) is 2.68. The normalized spacial score (nSPS) is 2.92. The van der Waals surface area contributed by atoms with Gasteiger partial charge < -0.3 is 21.5 Å². The molecule has 4 N–H and O–H groups in total. The van der Waals surface area contributed by atoms with E-state index in [1.54, 1.807) is 14.1 Å². The highest BCUT2D eigenvalue weighted by molar-refractivity contribution is 5.22. The average Bonchev–Trinajstić information content (AvgIpc) is 1.99. The minimum Gasteiger partial charge on any atom is -0.333 e. The summed E-state index contributed by atoms with van der Waals surface area (Å²) in [6, 6.07) is 0. The van der Waals surface area contributed by atoms with Crippen LogP contribution >= 0.6 is 0 Å². The number of rotatable bonds is 0. The Morgan fingerprint density at radius 3 is 0.692 bits per heavy atom. The maximum Gasteiger partial charge on any atom is 0.0269 e. The van der Waals surface area contributed by atoms with Gasteiger partial charge in [0.15, 0.2) is 0 Å². The van der Waals surface area contributed by atoms with Gasteiger partial charge >= 0.3 is 0 Å². The van der Waals surface area contributed by atoms with Crippen LogP contribution in [-0.2, 0) is 0 Å². The summed E-state index contributed by atoms with van der Waals surface area (Å²) in [6.07, 6.45) is 0. The van der Waals surface area contributed by atoms with E-state index in [9.17, 15) is 0 Å². The van der Waals surface area contributed by atoms with Crippen molar-refractivity contribution in [1.29, 1.82) is 0 Å². The Bertz CT molecular complexity index is 32.6. The number of nitrogens with two attached hydrogens (primary N) is 2. The fourth-order valence-electron chi connectivity index (χ4n) is 0. The predicted molar refractivity (Wildman–Crippen MR) is 71.4 cm³/mol. The summed E-state index contributed by atoms with van der Waals surface area (Å²) in [4.78, 5) is 6.50. The summed E-state index contributed by atoms with van der Waals surface area (Å²) in [5, 5.41) is 0. The molecule has 0 saturated heterocycles. The van der Waals surface area contributed by atoms with Crippen LogP contribution in [0.5, 0.6) is 0 Å². The fraction of sp³-hybridized carbons (Fsp3) is 0.778. The maximum absolute atomic E-state index is 4.50. The Morgan fingerprint density at radius 2 is 0.692 bits per heavy atom. The van der Waals surface area contributed by atoms with Crippen LogP contribution in [0.15, 0.2) is 9.98 Å². The van der Waals surface area contributed by atoms with E-state index in [1.807, 2.05) is 0 Å². The lowest BCUT2D eigenvalue weighted by Gasteiger charge is -1.38. The molecule has 0 aliphatic carbocycles. The molecule has 4 heteroatoms. The summed E-state index contributed by atoms with van der Waals surface area (Å²) < 4.78 is 0. The van der Waals surface area contributed by atoms with Gasteiger partial charge in [-0.1, -0.05) is 22.3 Å². The van der Waals surface area contributed by atoms with Crippen LogP contribution in [0.4, 0.5) is 0 Å². The van der Waals surface area contributed by atoms with Gasteiger partial charge in [-0.05, 0) is 27.5 Å². The zero-order valence-electron chi connectivity index (χ0n) is 7.46. The van der Waals surface area contributed by atoms with E-state index in [1.165, 1.54) is 14.1 Å². The van der Waals surface area contributed by atoms with Crippen molar-refractivity contribution < 1.29 is 0 Å². The van der Waals surface area contributed by atoms with E-state index in [4.69, 9.17) is 0 Å². The van der Waals surface area contributed by atoms with Crippen molar-refractivity contribution in [3.05, 3.63) is 0 Å². The van der Waals surface area contributed by atoms with Crippen molar-refractivity contribution in [2.45, 2.75) is 22.3 Å². The van der Waals surface area contributed by atoms with E-state index >= 15 is 0 Å². The molecule has 0 heterocycles. The standard InChI is InChI=1S/2C2H5N.2CH5N.3CH4/c2*1-3-2;2*1-2;;;/h2*1H2,2H3;2*2H2,1H3;3*1H4. The summed E-state index contributed by atoms with van der Waals surface area (Å²) in [6.45, 7) is 6.22. The van der Waals surface area contributed by atoms with Crippen molar-refractivity contribution in [3.63, 3.8) is 0 Å². The molecule has 0 fully saturated rings. The number of hydrogen-bond acceptors (Lipinski definition) is 4. The smallest absolute Gasteiger partial charge is 0.0269 e. The van der Waals surface area contributed by atoms with Crippen molar-refractivity contribution in [1.82, 2.24) is 0 Å². The molecule has 0 aliphatic rings. The van der Waals surface area contributed by atoms with Gasteiger partial charge in [-0.3, -0.25) is 0 Å². The van der Waals surface area contributed by atoms with E-state index in [0.717, 1.165) is 0 Å². The predicted octanol–water partition coefficient (Wildman–Crippen LogP) is 1.69. The zero-order chi connectivity index (χ0) is 9.41.